The van der Waals surface area contributed by atoms with Crippen molar-refractivity contribution in [1.82, 2.24) is 4.90 Å². The number of hydrogen-bond donors (Lipinski definition) is 1. The van der Waals surface area contributed by atoms with E-state index in [4.69, 9.17) is 0 Å². The van der Waals surface area contributed by atoms with Crippen molar-refractivity contribution in [2.75, 3.05) is 13.1 Å². The Bertz CT molecular complexity index is 156. The second kappa shape index (κ2) is 4.06. The highest BCUT2D eigenvalue weighted by molar-refractivity contribution is 4.89. The molecular formula is C10H19NO. The van der Waals surface area contributed by atoms with Crippen molar-refractivity contribution >= 4 is 0 Å². The van der Waals surface area contributed by atoms with E-state index in [9.17, 15) is 5.11 Å². The van der Waals surface area contributed by atoms with Crippen LogP contribution in [0.5, 0.6) is 0 Å². The summed E-state index contributed by atoms with van der Waals surface area (Å²) < 4.78 is 0. The molecule has 0 aromatic heterocycles. The first-order valence-electron chi connectivity index (χ1n) is 4.69. The molecule has 0 radical (unpaired) electrons. The minimum atomic E-state index is -0.160. The van der Waals surface area contributed by atoms with Crippen LogP contribution in [0.25, 0.3) is 0 Å². The Morgan fingerprint density at radius 1 is 1.58 bits per heavy atom. The fourth-order valence-corrected chi connectivity index (χ4v) is 1.73. The number of aliphatic hydroxyl groups is 1. The van der Waals surface area contributed by atoms with Gasteiger partial charge in [-0.2, -0.15) is 0 Å². The van der Waals surface area contributed by atoms with Gasteiger partial charge >= 0.3 is 0 Å². The van der Waals surface area contributed by atoms with Crippen LogP contribution >= 0.6 is 0 Å². The van der Waals surface area contributed by atoms with E-state index in [1.807, 2.05) is 13.0 Å². The number of nitrogens with zero attached hydrogens (tertiary/aromatic N) is 1. The van der Waals surface area contributed by atoms with Crippen LogP contribution in [0.15, 0.2) is 12.7 Å². The van der Waals surface area contributed by atoms with Crippen molar-refractivity contribution < 1.29 is 5.11 Å². The summed E-state index contributed by atoms with van der Waals surface area (Å²) >= 11 is 0. The van der Waals surface area contributed by atoms with E-state index < -0.39 is 0 Å². The molecule has 0 aliphatic carbocycles. The molecule has 2 nitrogen and oxygen atoms in total. The van der Waals surface area contributed by atoms with E-state index >= 15 is 0 Å². The number of likely N-dealkylation sites (tertiary alicyclic amines) is 1. The van der Waals surface area contributed by atoms with Gasteiger partial charge in [-0.05, 0) is 32.7 Å². The predicted molar refractivity (Wildman–Crippen MR) is 51.0 cm³/mol. The van der Waals surface area contributed by atoms with Crippen molar-refractivity contribution in [3.05, 3.63) is 12.7 Å². The highest BCUT2D eigenvalue weighted by Crippen LogP contribution is 2.21. The molecule has 1 aliphatic rings. The molecule has 0 bridgehead atoms. The smallest absolute Gasteiger partial charge is 0.0552 e. The normalized spacial score (nSPS) is 30.1. The van der Waals surface area contributed by atoms with Crippen LogP contribution in [-0.4, -0.2) is 35.2 Å². The van der Waals surface area contributed by atoms with E-state index in [0.717, 1.165) is 19.5 Å². The third-order valence-corrected chi connectivity index (χ3v) is 2.86. The fourth-order valence-electron chi connectivity index (χ4n) is 1.73. The molecule has 1 fully saturated rings. The second-order valence-corrected chi connectivity index (χ2v) is 3.76. The molecule has 0 saturated carbocycles. The maximum Gasteiger partial charge on any atom is 0.0552 e. The van der Waals surface area contributed by atoms with Gasteiger partial charge in [-0.1, -0.05) is 6.08 Å². The summed E-state index contributed by atoms with van der Waals surface area (Å²) in [5.41, 5.74) is 0. The fraction of sp³-hybridized carbons (Fsp3) is 0.800. The first kappa shape index (κ1) is 9.75. The van der Waals surface area contributed by atoms with Crippen LogP contribution in [-0.2, 0) is 0 Å². The molecule has 0 amide bonds. The molecule has 1 saturated heterocycles. The van der Waals surface area contributed by atoms with Crippen molar-refractivity contribution in [3.8, 4) is 0 Å². The summed E-state index contributed by atoms with van der Waals surface area (Å²) in [4.78, 5) is 2.37. The molecule has 1 N–H and O–H groups in total. The summed E-state index contributed by atoms with van der Waals surface area (Å²) in [6.45, 7) is 9.92. The summed E-state index contributed by atoms with van der Waals surface area (Å²) in [5, 5.41) is 9.37. The molecule has 1 heterocycles. The average Bonchev–Trinajstić information content (AvgIpc) is 2.51. The van der Waals surface area contributed by atoms with Gasteiger partial charge < -0.3 is 5.11 Å². The lowest BCUT2D eigenvalue weighted by Crippen LogP contribution is -2.30. The molecule has 0 spiro atoms. The van der Waals surface area contributed by atoms with Crippen LogP contribution in [0.2, 0.25) is 0 Å². The maximum atomic E-state index is 9.37. The lowest BCUT2D eigenvalue weighted by atomic mass is 10.0. The molecule has 3 unspecified atom stereocenters. The second-order valence-electron chi connectivity index (χ2n) is 3.76. The quantitative estimate of drug-likeness (QED) is 0.643. The van der Waals surface area contributed by atoms with Crippen molar-refractivity contribution in [2.24, 2.45) is 5.92 Å². The summed E-state index contributed by atoms with van der Waals surface area (Å²) in [6.07, 6.45) is 2.92. The van der Waals surface area contributed by atoms with E-state index in [2.05, 4.69) is 18.4 Å². The van der Waals surface area contributed by atoms with E-state index in [0.29, 0.717) is 12.0 Å². The van der Waals surface area contributed by atoms with Gasteiger partial charge in [0.2, 0.25) is 0 Å². The van der Waals surface area contributed by atoms with Crippen molar-refractivity contribution in [2.45, 2.75) is 32.4 Å². The van der Waals surface area contributed by atoms with Crippen LogP contribution in [0, 0.1) is 5.92 Å². The highest BCUT2D eigenvalue weighted by Gasteiger charge is 2.27. The molecule has 70 valence electrons. The third-order valence-electron chi connectivity index (χ3n) is 2.86. The van der Waals surface area contributed by atoms with Gasteiger partial charge in [-0.3, -0.25) is 4.90 Å². The molecule has 0 aromatic carbocycles. The van der Waals surface area contributed by atoms with Gasteiger partial charge in [0.1, 0.15) is 0 Å². The topological polar surface area (TPSA) is 23.5 Å². The largest absolute Gasteiger partial charge is 0.393 e. The zero-order valence-electron chi connectivity index (χ0n) is 8.03. The number of rotatable bonds is 3. The average molecular weight is 169 g/mol. The third kappa shape index (κ3) is 2.08. The van der Waals surface area contributed by atoms with E-state index in [-0.39, 0.29) is 6.10 Å². The first-order chi connectivity index (χ1) is 5.65. The monoisotopic (exact) mass is 169 g/mol. The Balaban J connectivity index is 2.40. The lowest BCUT2D eigenvalue weighted by molar-refractivity contribution is 0.126. The molecule has 0 aromatic rings. The molecule has 1 aliphatic heterocycles. The molecule has 3 atom stereocenters. The van der Waals surface area contributed by atoms with Crippen molar-refractivity contribution in [1.29, 1.82) is 0 Å². The van der Waals surface area contributed by atoms with E-state index in [1.54, 1.807) is 0 Å². The Hall–Kier alpha value is -0.340. The summed E-state index contributed by atoms with van der Waals surface area (Å²) in [7, 11) is 0. The van der Waals surface area contributed by atoms with Gasteiger partial charge in [0.15, 0.2) is 0 Å². The minimum absolute atomic E-state index is 0.160. The Labute approximate surface area is 74.9 Å². The van der Waals surface area contributed by atoms with Gasteiger partial charge in [-0.25, -0.2) is 0 Å². The van der Waals surface area contributed by atoms with Gasteiger partial charge in [0.05, 0.1) is 6.10 Å². The highest BCUT2D eigenvalue weighted by atomic mass is 16.3. The van der Waals surface area contributed by atoms with Crippen LogP contribution in [0.3, 0.4) is 0 Å². The first-order valence-corrected chi connectivity index (χ1v) is 4.69. The summed E-state index contributed by atoms with van der Waals surface area (Å²) in [6, 6.07) is 0.453. The van der Waals surface area contributed by atoms with Gasteiger partial charge in [0.25, 0.3) is 0 Å². The molecular weight excluding hydrogens is 150 g/mol. The number of hydrogen-bond acceptors (Lipinski definition) is 2. The number of aliphatic hydroxyl groups excluding tert-OH is 1. The van der Waals surface area contributed by atoms with Crippen molar-refractivity contribution in [3.63, 3.8) is 0 Å². The predicted octanol–water partition coefficient (Wildman–Crippen LogP) is 1.26. The SMILES string of the molecule is C=CC(C)N1CCC(C(C)O)C1. The maximum absolute atomic E-state index is 9.37. The van der Waals surface area contributed by atoms with Crippen LogP contribution < -0.4 is 0 Å². The molecule has 2 heteroatoms. The molecule has 1 rings (SSSR count). The van der Waals surface area contributed by atoms with E-state index in [1.165, 1.54) is 0 Å². The molecule has 12 heavy (non-hydrogen) atoms. The Morgan fingerprint density at radius 2 is 2.25 bits per heavy atom. The van der Waals surface area contributed by atoms with Gasteiger partial charge in [0, 0.05) is 12.6 Å². The minimum Gasteiger partial charge on any atom is -0.393 e. The lowest BCUT2D eigenvalue weighted by Gasteiger charge is -2.21. The zero-order valence-corrected chi connectivity index (χ0v) is 8.03. The zero-order chi connectivity index (χ0) is 9.14. The Kier molecular flexibility index (Phi) is 3.29. The van der Waals surface area contributed by atoms with Crippen LogP contribution in [0.1, 0.15) is 20.3 Å². The Morgan fingerprint density at radius 3 is 2.67 bits per heavy atom. The summed E-state index contributed by atoms with van der Waals surface area (Å²) in [5.74, 6) is 0.465. The standard InChI is InChI=1S/C10H19NO/c1-4-8(2)11-6-5-10(7-11)9(3)12/h4,8-10,12H,1,5-7H2,2-3H3. The van der Waals surface area contributed by atoms with Crippen LogP contribution in [0.4, 0.5) is 0 Å². The van der Waals surface area contributed by atoms with Gasteiger partial charge in [-0.15, -0.1) is 6.58 Å².